The molecule has 0 aromatic rings. The molecule has 12 atom stereocenters. The van der Waals surface area contributed by atoms with E-state index in [1.807, 2.05) is 0 Å². The van der Waals surface area contributed by atoms with Gasteiger partial charge in [0.25, 0.3) is 0 Å². The van der Waals surface area contributed by atoms with Crippen molar-refractivity contribution in [3.63, 3.8) is 0 Å². The topological polar surface area (TPSA) is 296 Å². The van der Waals surface area contributed by atoms with E-state index < -0.39 is 117 Å². The van der Waals surface area contributed by atoms with E-state index in [9.17, 15) is 60.9 Å². The molecular weight excluding hydrogens is 740 g/mol. The molecule has 21 heteroatoms. The molecule has 1 heterocycles. The number of fused-ring (bicyclic) bond motifs is 3. The van der Waals surface area contributed by atoms with Crippen LogP contribution in [0.15, 0.2) is 12.2 Å². The van der Waals surface area contributed by atoms with E-state index >= 15 is 0 Å². The Labute approximate surface area is 300 Å². The number of esters is 1. The molecule has 0 radical (unpaired) electrons. The lowest BCUT2D eigenvalue weighted by Crippen LogP contribution is -2.67. The minimum atomic E-state index is -5.54. The number of aliphatic carboxylic acids is 2. The number of rotatable bonds is 13. The van der Waals surface area contributed by atoms with Crippen molar-refractivity contribution in [3.05, 3.63) is 12.2 Å². The minimum absolute atomic E-state index is 0.0152. The maximum atomic E-state index is 13.2. The van der Waals surface area contributed by atoms with Gasteiger partial charge >= 0.3 is 38.7 Å². The molecule has 296 valence electrons. The fourth-order valence-electron chi connectivity index (χ4n) is 10.3. The molecule has 2 bridgehead atoms. The summed E-state index contributed by atoms with van der Waals surface area (Å²) in [4.78, 5) is 43.4. The molecule has 1 saturated heterocycles. The first-order valence-corrected chi connectivity index (χ1v) is 19.6. The zero-order chi connectivity index (χ0) is 38.8. The van der Waals surface area contributed by atoms with Crippen molar-refractivity contribution in [1.29, 1.82) is 0 Å². The van der Waals surface area contributed by atoms with Crippen LogP contribution in [0.3, 0.4) is 0 Å². The second-order valence-corrected chi connectivity index (χ2v) is 17.6. The van der Waals surface area contributed by atoms with Crippen LogP contribution in [0.5, 0.6) is 0 Å². The van der Waals surface area contributed by atoms with Gasteiger partial charge in [0.05, 0.1) is 12.2 Å². The third kappa shape index (κ3) is 7.38. The number of ether oxygens (including phenoxy) is 3. The summed E-state index contributed by atoms with van der Waals surface area (Å²) < 4.78 is 93.9. The summed E-state index contributed by atoms with van der Waals surface area (Å²) in [5, 5.41) is 42.1. The van der Waals surface area contributed by atoms with Gasteiger partial charge in [-0.05, 0) is 73.2 Å². The van der Waals surface area contributed by atoms with Gasteiger partial charge in [0, 0.05) is 18.3 Å². The molecule has 52 heavy (non-hydrogen) atoms. The Balaban J connectivity index is 1.60. The standard InChI is InChI=1S/C31H46O19S2/c1-14(2)9-21(32)48-24-23(50-52(42,43)44)22(49-51(39,40)41)18(13-45-38)47-26(24)46-17-11-29(4)19-6-5-16-10-30(19,25(33)15(16)3)8-7-20(29)31(12-17,27(34)35)28(36)37/h14,16-20,22-26,33,38H,3,5-13H2,1-2,4H3,(H,34,35)(H,36,37)(H,39,40,41)(H,42,43,44). The molecule has 1 spiro atoms. The van der Waals surface area contributed by atoms with E-state index in [-0.39, 0.29) is 37.0 Å². The largest absolute Gasteiger partial charge is 0.480 e. The average Bonchev–Trinajstić information content (AvgIpc) is 3.17. The minimum Gasteiger partial charge on any atom is -0.480 e. The Bertz CT molecular complexity index is 1630. The molecule has 0 amide bonds. The number of carbonyl (C=O) groups is 3. The fraction of sp³-hybridized carbons (Fsp3) is 0.839. The fourth-order valence-corrected chi connectivity index (χ4v) is 11.3. The molecule has 6 N–H and O–H groups in total. The smallest absolute Gasteiger partial charge is 0.397 e. The van der Waals surface area contributed by atoms with Crippen LogP contribution in [-0.4, -0.2) is 114 Å². The summed E-state index contributed by atoms with van der Waals surface area (Å²) in [5.41, 5.74) is -3.57. The van der Waals surface area contributed by atoms with Gasteiger partial charge in [-0.15, -0.1) is 0 Å². The molecule has 12 unspecified atom stereocenters. The zero-order valence-electron chi connectivity index (χ0n) is 28.7. The van der Waals surface area contributed by atoms with Gasteiger partial charge in [0.1, 0.15) is 18.8 Å². The maximum absolute atomic E-state index is 13.2. The lowest BCUT2D eigenvalue weighted by Gasteiger charge is -2.64. The van der Waals surface area contributed by atoms with Crippen molar-refractivity contribution in [2.45, 2.75) is 115 Å². The second-order valence-electron chi connectivity index (χ2n) is 15.5. The van der Waals surface area contributed by atoms with E-state index in [0.717, 1.165) is 0 Å². The molecule has 5 fully saturated rings. The van der Waals surface area contributed by atoms with Crippen molar-refractivity contribution in [1.82, 2.24) is 0 Å². The number of carbonyl (C=O) groups excluding carboxylic acids is 1. The molecule has 5 aliphatic rings. The highest BCUT2D eigenvalue weighted by Crippen LogP contribution is 2.72. The zero-order valence-corrected chi connectivity index (χ0v) is 30.4. The molecular formula is C31H46O19S2. The first-order chi connectivity index (χ1) is 24.0. The van der Waals surface area contributed by atoms with Gasteiger partial charge in [0.2, 0.25) is 0 Å². The van der Waals surface area contributed by atoms with Crippen LogP contribution in [0.2, 0.25) is 0 Å². The third-order valence-corrected chi connectivity index (χ3v) is 13.0. The summed E-state index contributed by atoms with van der Waals surface area (Å²) in [6.45, 7) is 8.14. The van der Waals surface area contributed by atoms with Crippen LogP contribution >= 0.6 is 0 Å². The molecule has 4 saturated carbocycles. The molecule has 0 aromatic carbocycles. The Morgan fingerprint density at radius 1 is 0.923 bits per heavy atom. The van der Waals surface area contributed by atoms with Crippen molar-refractivity contribution in [2.24, 2.45) is 39.9 Å². The maximum Gasteiger partial charge on any atom is 0.397 e. The van der Waals surface area contributed by atoms with Crippen LogP contribution in [0.25, 0.3) is 0 Å². The highest BCUT2D eigenvalue weighted by molar-refractivity contribution is 7.81. The van der Waals surface area contributed by atoms with Crippen LogP contribution < -0.4 is 0 Å². The van der Waals surface area contributed by atoms with Crippen LogP contribution in [0.1, 0.15) is 72.1 Å². The molecule has 0 aromatic heterocycles. The summed E-state index contributed by atoms with van der Waals surface area (Å²) in [7, 11) is -11.0. The SMILES string of the molecule is C=C1C2CCC3C4(C)CC(OC5OC(COO)C(OS(=O)(=O)O)C(OS(=O)(=O)O)C5OC(=O)CC(C)C)CC(C(=O)O)(C(=O)O)C4CCC3(C2)C1O. The van der Waals surface area contributed by atoms with Crippen LogP contribution in [0.4, 0.5) is 0 Å². The average molecular weight is 787 g/mol. The van der Waals surface area contributed by atoms with Gasteiger partial charge in [-0.1, -0.05) is 27.4 Å². The first kappa shape index (κ1) is 40.9. The number of carboxylic acid groups (broad SMARTS) is 2. The normalized spacial score (nSPS) is 40.1. The predicted molar refractivity (Wildman–Crippen MR) is 170 cm³/mol. The van der Waals surface area contributed by atoms with Gasteiger partial charge in [-0.2, -0.15) is 16.8 Å². The Hall–Kier alpha value is -2.31. The van der Waals surface area contributed by atoms with Gasteiger partial charge < -0.3 is 29.5 Å². The molecule has 5 rings (SSSR count). The summed E-state index contributed by atoms with van der Waals surface area (Å²) in [5.74, 6) is -5.92. The number of hydrogen-bond donors (Lipinski definition) is 6. The Kier molecular flexibility index (Phi) is 11.3. The molecule has 4 aliphatic carbocycles. The molecule has 1 aliphatic heterocycles. The van der Waals surface area contributed by atoms with Crippen LogP contribution in [0, 0.1) is 39.9 Å². The Morgan fingerprint density at radius 2 is 1.54 bits per heavy atom. The Morgan fingerprint density at radius 3 is 2.10 bits per heavy atom. The van der Waals surface area contributed by atoms with Crippen LogP contribution in [-0.2, 0) is 62.6 Å². The third-order valence-electron chi connectivity index (χ3n) is 12.1. The van der Waals surface area contributed by atoms with Crippen molar-refractivity contribution in [2.75, 3.05) is 6.61 Å². The highest BCUT2D eigenvalue weighted by atomic mass is 32.3. The second kappa shape index (κ2) is 14.4. The van der Waals surface area contributed by atoms with E-state index in [1.54, 1.807) is 20.8 Å². The van der Waals surface area contributed by atoms with Crippen molar-refractivity contribution in [3.8, 4) is 0 Å². The summed E-state index contributed by atoms with van der Waals surface area (Å²) in [6, 6.07) is 0. The van der Waals surface area contributed by atoms with Gasteiger partial charge in [0.15, 0.2) is 23.9 Å². The van der Waals surface area contributed by atoms with E-state index in [1.165, 1.54) is 0 Å². The monoisotopic (exact) mass is 786 g/mol. The summed E-state index contributed by atoms with van der Waals surface area (Å²) >= 11 is 0. The summed E-state index contributed by atoms with van der Waals surface area (Å²) in [6.07, 6.45) is -11.7. The van der Waals surface area contributed by atoms with E-state index in [4.69, 9.17) is 18.4 Å². The van der Waals surface area contributed by atoms with Gasteiger partial charge in [-0.3, -0.25) is 28.7 Å². The quantitative estimate of drug-likeness (QED) is 0.0294. The first-order valence-electron chi connectivity index (χ1n) is 16.9. The predicted octanol–water partition coefficient (Wildman–Crippen LogP) is 1.62. The number of aliphatic hydroxyl groups is 1. The molecule has 19 nitrogen and oxygen atoms in total. The number of hydrogen-bond acceptors (Lipinski definition) is 15. The van der Waals surface area contributed by atoms with Gasteiger partial charge in [-0.25, -0.2) is 13.3 Å². The van der Waals surface area contributed by atoms with Crippen molar-refractivity contribution < 1.29 is 88.4 Å². The number of carboxylic acids is 2. The number of aliphatic hydroxyl groups excluding tert-OH is 1. The van der Waals surface area contributed by atoms with Crippen molar-refractivity contribution >= 4 is 38.7 Å². The lowest BCUT2D eigenvalue weighted by molar-refractivity contribution is -0.340. The van der Waals surface area contributed by atoms with E-state index in [2.05, 4.69) is 15.6 Å². The lowest BCUT2D eigenvalue weighted by atomic mass is 9.40. The van der Waals surface area contributed by atoms with E-state index in [0.29, 0.717) is 31.3 Å². The highest BCUT2D eigenvalue weighted by Gasteiger charge is 2.72.